The molecule has 0 aliphatic carbocycles. The zero-order valence-corrected chi connectivity index (χ0v) is 12.9. The summed E-state index contributed by atoms with van der Waals surface area (Å²) in [7, 11) is 1.66. The molecule has 0 unspecified atom stereocenters. The lowest BCUT2D eigenvalue weighted by Gasteiger charge is -2.36. The maximum Gasteiger partial charge on any atom is 0.251 e. The fraction of sp³-hybridized carbons (Fsp3) is 0.562. The molecule has 1 aromatic rings. The van der Waals surface area contributed by atoms with Gasteiger partial charge in [-0.1, -0.05) is 12.1 Å². The van der Waals surface area contributed by atoms with Crippen LogP contribution in [0.3, 0.4) is 0 Å². The minimum atomic E-state index is -0.0403. The van der Waals surface area contributed by atoms with Crippen molar-refractivity contribution in [3.05, 3.63) is 35.4 Å². The molecule has 5 heteroatoms. The van der Waals surface area contributed by atoms with E-state index in [1.165, 1.54) is 5.56 Å². The number of hydrogen-bond donors (Lipinski definition) is 2. The van der Waals surface area contributed by atoms with E-state index in [2.05, 4.69) is 21.6 Å². The Hall–Kier alpha value is -1.43. The highest BCUT2D eigenvalue weighted by molar-refractivity contribution is 5.94. The number of nitrogens with zero attached hydrogens (tertiary/aromatic N) is 1. The summed E-state index contributed by atoms with van der Waals surface area (Å²) < 4.78 is 5.47. The normalized spacial score (nSPS) is 19.4. The van der Waals surface area contributed by atoms with Crippen molar-refractivity contribution in [1.29, 1.82) is 0 Å². The van der Waals surface area contributed by atoms with Gasteiger partial charge in [-0.15, -0.1) is 0 Å². The van der Waals surface area contributed by atoms with Gasteiger partial charge in [-0.3, -0.25) is 9.69 Å². The molecule has 0 saturated carbocycles. The van der Waals surface area contributed by atoms with Crippen LogP contribution in [-0.4, -0.2) is 57.2 Å². The lowest BCUT2D eigenvalue weighted by molar-refractivity contribution is 0.0827. The fourth-order valence-corrected chi connectivity index (χ4v) is 2.70. The van der Waals surface area contributed by atoms with Crippen molar-refractivity contribution in [3.63, 3.8) is 0 Å². The van der Waals surface area contributed by atoms with E-state index in [1.54, 1.807) is 7.05 Å². The summed E-state index contributed by atoms with van der Waals surface area (Å²) in [5.74, 6) is -0.0403. The Bertz CT molecular complexity index is 465. The molecule has 0 radical (unpaired) electrons. The van der Waals surface area contributed by atoms with Crippen LogP contribution in [0.1, 0.15) is 28.9 Å². The van der Waals surface area contributed by atoms with Crippen molar-refractivity contribution in [2.45, 2.75) is 13.0 Å². The number of piperazine rings is 1. The topological polar surface area (TPSA) is 53.6 Å². The van der Waals surface area contributed by atoms with Crippen LogP contribution >= 0.6 is 0 Å². The maximum atomic E-state index is 11.8. The van der Waals surface area contributed by atoms with Crippen LogP contribution in [0, 0.1) is 0 Å². The van der Waals surface area contributed by atoms with Crippen molar-refractivity contribution >= 4 is 5.91 Å². The highest BCUT2D eigenvalue weighted by Gasteiger charge is 2.23. The third-order valence-corrected chi connectivity index (χ3v) is 3.84. The number of ether oxygens (including phenoxy) is 1. The van der Waals surface area contributed by atoms with Crippen LogP contribution < -0.4 is 10.6 Å². The molecule has 1 heterocycles. The second kappa shape index (κ2) is 8.12. The molecule has 0 spiro atoms. The highest BCUT2D eigenvalue weighted by atomic mass is 16.5. The summed E-state index contributed by atoms with van der Waals surface area (Å²) in [6, 6.07) is 8.18. The highest BCUT2D eigenvalue weighted by Crippen LogP contribution is 2.22. The van der Waals surface area contributed by atoms with E-state index in [9.17, 15) is 4.79 Å². The number of amides is 1. The molecule has 21 heavy (non-hydrogen) atoms. The molecule has 1 amide bonds. The number of carbonyl (C=O) groups is 1. The van der Waals surface area contributed by atoms with Gasteiger partial charge in [-0.05, 0) is 24.6 Å². The van der Waals surface area contributed by atoms with E-state index < -0.39 is 0 Å². The molecular weight excluding hydrogens is 266 g/mol. The van der Waals surface area contributed by atoms with Crippen LogP contribution in [0.15, 0.2) is 24.3 Å². The molecule has 1 aliphatic rings. The van der Waals surface area contributed by atoms with Gasteiger partial charge >= 0.3 is 0 Å². The van der Waals surface area contributed by atoms with Crippen molar-refractivity contribution in [2.75, 3.05) is 46.4 Å². The minimum absolute atomic E-state index is 0.0403. The number of nitrogens with one attached hydrogen (secondary N) is 2. The van der Waals surface area contributed by atoms with Crippen LogP contribution in [0.25, 0.3) is 0 Å². The van der Waals surface area contributed by atoms with Gasteiger partial charge < -0.3 is 15.4 Å². The molecule has 1 aliphatic heterocycles. The first-order valence-corrected chi connectivity index (χ1v) is 7.60. The van der Waals surface area contributed by atoms with E-state index in [0.29, 0.717) is 11.6 Å². The first kappa shape index (κ1) is 15.9. The third kappa shape index (κ3) is 4.27. The van der Waals surface area contributed by atoms with Crippen molar-refractivity contribution in [1.82, 2.24) is 15.5 Å². The fourth-order valence-electron chi connectivity index (χ4n) is 2.70. The van der Waals surface area contributed by atoms with E-state index in [0.717, 1.165) is 39.4 Å². The molecule has 1 fully saturated rings. The minimum Gasteiger partial charge on any atom is -0.380 e. The van der Waals surface area contributed by atoms with Crippen LogP contribution in [-0.2, 0) is 4.74 Å². The quantitative estimate of drug-likeness (QED) is 0.769. The molecular formula is C16H25N3O2. The predicted octanol–water partition coefficient (Wildman–Crippen LogP) is 1.03. The zero-order chi connectivity index (χ0) is 15.1. The third-order valence-electron chi connectivity index (χ3n) is 3.84. The van der Waals surface area contributed by atoms with Gasteiger partial charge in [0.2, 0.25) is 0 Å². The molecule has 2 N–H and O–H groups in total. The number of rotatable bonds is 6. The Labute approximate surface area is 126 Å². The standard InChI is InChI=1S/C16H25N3O2/c1-3-21-10-9-19-8-7-18-12-15(19)13-5-4-6-14(11-13)16(20)17-2/h4-6,11,15,18H,3,7-10,12H2,1-2H3,(H,17,20)/t15-/m0/s1. The van der Waals surface area contributed by atoms with Crippen molar-refractivity contribution in [3.8, 4) is 0 Å². The Morgan fingerprint density at radius 2 is 2.38 bits per heavy atom. The first-order valence-electron chi connectivity index (χ1n) is 7.60. The second-order valence-corrected chi connectivity index (χ2v) is 5.16. The van der Waals surface area contributed by atoms with Gasteiger partial charge in [0, 0.05) is 51.4 Å². The SMILES string of the molecule is CCOCCN1CCNC[C@H]1c1cccc(C(=O)NC)c1. The van der Waals surface area contributed by atoms with E-state index in [-0.39, 0.29) is 5.91 Å². The molecule has 1 atom stereocenters. The summed E-state index contributed by atoms with van der Waals surface area (Å²) in [4.78, 5) is 14.2. The summed E-state index contributed by atoms with van der Waals surface area (Å²) >= 11 is 0. The average molecular weight is 291 g/mol. The molecule has 1 aromatic carbocycles. The van der Waals surface area contributed by atoms with Gasteiger partial charge in [0.15, 0.2) is 0 Å². The van der Waals surface area contributed by atoms with Crippen LogP contribution in [0.5, 0.6) is 0 Å². The lowest BCUT2D eigenvalue weighted by atomic mass is 10.0. The number of carbonyl (C=O) groups excluding carboxylic acids is 1. The van der Waals surface area contributed by atoms with Gasteiger partial charge in [-0.2, -0.15) is 0 Å². The summed E-state index contributed by atoms with van der Waals surface area (Å²) in [6.07, 6.45) is 0. The zero-order valence-electron chi connectivity index (χ0n) is 12.9. The van der Waals surface area contributed by atoms with Gasteiger partial charge in [-0.25, -0.2) is 0 Å². The smallest absolute Gasteiger partial charge is 0.251 e. The van der Waals surface area contributed by atoms with Crippen LogP contribution in [0.2, 0.25) is 0 Å². The van der Waals surface area contributed by atoms with Crippen molar-refractivity contribution < 1.29 is 9.53 Å². The molecule has 5 nitrogen and oxygen atoms in total. The Kier molecular flexibility index (Phi) is 6.17. The molecule has 1 saturated heterocycles. The Morgan fingerprint density at radius 1 is 1.52 bits per heavy atom. The van der Waals surface area contributed by atoms with Gasteiger partial charge in [0.1, 0.15) is 0 Å². The largest absolute Gasteiger partial charge is 0.380 e. The summed E-state index contributed by atoms with van der Waals surface area (Å²) in [5.41, 5.74) is 1.89. The Morgan fingerprint density at radius 3 is 3.14 bits per heavy atom. The number of benzene rings is 1. The van der Waals surface area contributed by atoms with E-state index in [1.807, 2.05) is 25.1 Å². The summed E-state index contributed by atoms with van der Waals surface area (Å²) in [5, 5.41) is 6.11. The van der Waals surface area contributed by atoms with E-state index in [4.69, 9.17) is 4.74 Å². The molecule has 0 bridgehead atoms. The molecule has 116 valence electrons. The monoisotopic (exact) mass is 291 g/mol. The first-order chi connectivity index (χ1) is 10.3. The number of hydrogen-bond acceptors (Lipinski definition) is 4. The Balaban J connectivity index is 2.11. The van der Waals surface area contributed by atoms with Gasteiger partial charge in [0.25, 0.3) is 5.91 Å². The predicted molar refractivity (Wildman–Crippen MR) is 83.5 cm³/mol. The second-order valence-electron chi connectivity index (χ2n) is 5.16. The lowest BCUT2D eigenvalue weighted by Crippen LogP contribution is -2.47. The summed E-state index contributed by atoms with van der Waals surface area (Å²) in [6.45, 7) is 7.35. The maximum absolute atomic E-state index is 11.8. The molecule has 2 rings (SSSR count). The van der Waals surface area contributed by atoms with Crippen LogP contribution in [0.4, 0.5) is 0 Å². The molecule has 0 aromatic heterocycles. The van der Waals surface area contributed by atoms with Crippen molar-refractivity contribution in [2.24, 2.45) is 0 Å². The van der Waals surface area contributed by atoms with Gasteiger partial charge in [0.05, 0.1) is 6.61 Å². The van der Waals surface area contributed by atoms with E-state index >= 15 is 0 Å². The average Bonchev–Trinajstić information content (AvgIpc) is 2.55.